The third kappa shape index (κ3) is 6.05. The molecule has 6 nitrogen and oxygen atoms in total. The molecule has 1 saturated carbocycles. The molecule has 0 spiro atoms. The Labute approximate surface area is 242 Å². The number of aryl methyl sites for hydroxylation is 1. The Balaban J connectivity index is 1.50. The van der Waals surface area contributed by atoms with Crippen molar-refractivity contribution in [2.75, 3.05) is 11.4 Å². The largest absolute Gasteiger partial charge is 0.439 e. The van der Waals surface area contributed by atoms with Crippen molar-refractivity contribution >= 4 is 28.2 Å². The molecular formula is C31H33F3N4O2S. The van der Waals surface area contributed by atoms with Crippen LogP contribution in [0.4, 0.5) is 28.8 Å². The molecule has 1 aliphatic carbocycles. The average molecular weight is 583 g/mol. The normalized spacial score (nSPS) is 19.7. The second kappa shape index (κ2) is 11.7. The van der Waals surface area contributed by atoms with Gasteiger partial charge in [0.25, 0.3) is 0 Å². The number of benzene rings is 1. The first kappa shape index (κ1) is 28.9. The van der Waals surface area contributed by atoms with Crippen molar-refractivity contribution in [3.05, 3.63) is 76.3 Å². The number of amides is 1. The minimum Gasteiger partial charge on any atom is -0.439 e. The number of aromatic nitrogens is 1. The lowest BCUT2D eigenvalue weighted by Crippen LogP contribution is -2.39. The first-order chi connectivity index (χ1) is 19.6. The van der Waals surface area contributed by atoms with E-state index in [9.17, 15) is 18.0 Å². The van der Waals surface area contributed by atoms with E-state index in [4.69, 9.17) is 16.3 Å². The highest BCUT2D eigenvalue weighted by atomic mass is 32.1. The van der Waals surface area contributed by atoms with E-state index in [2.05, 4.69) is 16.7 Å². The van der Waals surface area contributed by atoms with Gasteiger partial charge >= 0.3 is 12.3 Å². The lowest BCUT2D eigenvalue weighted by Gasteiger charge is -2.36. The zero-order valence-electron chi connectivity index (χ0n) is 23.4. The molecule has 10 heteroatoms. The monoisotopic (exact) mass is 582 g/mol. The van der Waals surface area contributed by atoms with Crippen LogP contribution in [-0.2, 0) is 17.5 Å². The van der Waals surface area contributed by atoms with Crippen LogP contribution in [0.25, 0.3) is 15.3 Å². The standard InChI is InChI=1S/C31H33F3N4O2S/c1-5-37(25-9-7-6-8-10-25)29-23(15-22(17-36-29)26-11-12-27(35-4)41-26)18-38-20(3)28(40-30(38)39)21-13-19(2)14-24(16-21)31(32,33)34/h11-17,20,25,28H,5-10,18H2,1-3H3/t20-,28?/m0/s1. The third-order valence-corrected chi connectivity index (χ3v) is 9.07. The molecule has 2 atom stereocenters. The Morgan fingerprint density at radius 2 is 1.93 bits per heavy atom. The Bertz CT molecular complexity index is 1460. The number of halogens is 3. The van der Waals surface area contributed by atoms with Crippen molar-refractivity contribution in [3.8, 4) is 10.4 Å². The molecule has 5 rings (SSSR count). The number of hydrogen-bond acceptors (Lipinski definition) is 5. The fourth-order valence-corrected chi connectivity index (χ4v) is 6.79. The summed E-state index contributed by atoms with van der Waals surface area (Å²) in [5.41, 5.74) is 1.73. The maximum atomic E-state index is 13.5. The number of nitrogens with zero attached hydrogens (tertiary/aromatic N) is 4. The predicted molar refractivity (Wildman–Crippen MR) is 154 cm³/mol. The zero-order valence-corrected chi connectivity index (χ0v) is 24.2. The number of carbonyl (C=O) groups is 1. The molecule has 3 heterocycles. The van der Waals surface area contributed by atoms with Gasteiger partial charge in [0.2, 0.25) is 5.00 Å². The van der Waals surface area contributed by atoms with Crippen LogP contribution < -0.4 is 4.90 Å². The van der Waals surface area contributed by atoms with Crippen LogP contribution in [0.3, 0.4) is 0 Å². The van der Waals surface area contributed by atoms with E-state index in [1.807, 2.05) is 25.3 Å². The summed E-state index contributed by atoms with van der Waals surface area (Å²) in [6.07, 6.45) is 1.64. The van der Waals surface area contributed by atoms with Crippen LogP contribution in [-0.4, -0.2) is 34.6 Å². The van der Waals surface area contributed by atoms with Gasteiger partial charge in [0.15, 0.2) is 0 Å². The SMILES string of the molecule is [C-]#[N+]c1ccc(-c2cnc(N(CC)C3CCCCC3)c(CN3C(=O)OC(c4cc(C)cc(C(F)(F)F)c4)[C@@H]3C)c2)s1. The molecule has 1 saturated heterocycles. The molecule has 1 aromatic carbocycles. The van der Waals surface area contributed by atoms with Gasteiger partial charge in [-0.1, -0.05) is 37.0 Å². The van der Waals surface area contributed by atoms with Crippen molar-refractivity contribution in [3.63, 3.8) is 0 Å². The van der Waals surface area contributed by atoms with Gasteiger partial charge in [0.05, 0.1) is 24.7 Å². The quantitative estimate of drug-likeness (QED) is 0.261. The Morgan fingerprint density at radius 1 is 1.17 bits per heavy atom. The van der Waals surface area contributed by atoms with Gasteiger partial charge in [-0.3, -0.25) is 4.90 Å². The maximum Gasteiger partial charge on any atom is 0.416 e. The fourth-order valence-electron chi connectivity index (χ4n) is 6.01. The van der Waals surface area contributed by atoms with Crippen molar-refractivity contribution < 1.29 is 22.7 Å². The molecule has 3 aromatic rings. The molecule has 41 heavy (non-hydrogen) atoms. The number of thiophene rings is 1. The van der Waals surface area contributed by atoms with Gasteiger partial charge in [-0.2, -0.15) is 24.5 Å². The molecule has 0 N–H and O–H groups in total. The minimum atomic E-state index is -4.50. The molecule has 0 bridgehead atoms. The van der Waals surface area contributed by atoms with Crippen LogP contribution in [0.5, 0.6) is 0 Å². The van der Waals surface area contributed by atoms with Crippen LogP contribution in [0.15, 0.2) is 42.6 Å². The number of rotatable bonds is 7. The first-order valence-electron chi connectivity index (χ1n) is 14.0. The van der Waals surface area contributed by atoms with E-state index in [0.29, 0.717) is 22.2 Å². The lowest BCUT2D eigenvalue weighted by atomic mass is 9.93. The van der Waals surface area contributed by atoms with Crippen LogP contribution in [0.2, 0.25) is 0 Å². The molecule has 216 valence electrons. The highest BCUT2D eigenvalue weighted by molar-refractivity contribution is 7.19. The van der Waals surface area contributed by atoms with Gasteiger partial charge in [-0.25, -0.2) is 14.6 Å². The van der Waals surface area contributed by atoms with Gasteiger partial charge in [0.1, 0.15) is 11.9 Å². The number of carbonyl (C=O) groups excluding carboxylic acids is 1. The lowest BCUT2D eigenvalue weighted by molar-refractivity contribution is -0.137. The summed E-state index contributed by atoms with van der Waals surface area (Å²) >= 11 is 1.38. The average Bonchev–Trinajstić information content (AvgIpc) is 3.54. The van der Waals surface area contributed by atoms with Crippen LogP contribution in [0, 0.1) is 13.5 Å². The molecule has 2 fully saturated rings. The summed E-state index contributed by atoms with van der Waals surface area (Å²) in [5, 5.41) is 0.582. The molecule has 1 aliphatic heterocycles. The van der Waals surface area contributed by atoms with Crippen LogP contribution >= 0.6 is 11.3 Å². The van der Waals surface area contributed by atoms with Gasteiger partial charge in [0, 0.05) is 34.8 Å². The summed E-state index contributed by atoms with van der Waals surface area (Å²) in [6, 6.07) is 9.38. The van der Waals surface area contributed by atoms with Gasteiger partial charge < -0.3 is 9.64 Å². The number of pyridine rings is 1. The first-order valence-corrected chi connectivity index (χ1v) is 14.8. The molecule has 2 aromatic heterocycles. The highest BCUT2D eigenvalue weighted by Gasteiger charge is 2.41. The highest BCUT2D eigenvalue weighted by Crippen LogP contribution is 2.40. The summed E-state index contributed by atoms with van der Waals surface area (Å²) in [4.78, 5) is 26.4. The second-order valence-corrected chi connectivity index (χ2v) is 11.9. The molecule has 1 amide bonds. The molecule has 2 aliphatic rings. The van der Waals surface area contributed by atoms with E-state index in [-0.39, 0.29) is 6.54 Å². The maximum absolute atomic E-state index is 13.5. The Morgan fingerprint density at radius 3 is 2.59 bits per heavy atom. The number of ether oxygens (including phenoxy) is 1. The van der Waals surface area contributed by atoms with Crippen molar-refractivity contribution in [2.24, 2.45) is 0 Å². The minimum absolute atomic E-state index is 0.203. The number of hydrogen-bond donors (Lipinski definition) is 0. The van der Waals surface area contributed by atoms with Crippen molar-refractivity contribution in [2.45, 2.75) is 83.8 Å². The van der Waals surface area contributed by atoms with E-state index < -0.39 is 30.0 Å². The van der Waals surface area contributed by atoms with E-state index in [1.165, 1.54) is 17.8 Å². The molecular weight excluding hydrogens is 549 g/mol. The molecule has 0 radical (unpaired) electrons. The Hall–Kier alpha value is -3.58. The fraction of sp³-hybridized carbons (Fsp3) is 0.452. The second-order valence-electron chi connectivity index (χ2n) is 10.8. The van der Waals surface area contributed by atoms with E-state index in [0.717, 1.165) is 66.2 Å². The third-order valence-electron chi connectivity index (χ3n) is 8.05. The summed E-state index contributed by atoms with van der Waals surface area (Å²) in [5.74, 6) is 0.809. The number of cyclic esters (lactones) is 1. The van der Waals surface area contributed by atoms with Crippen LogP contribution in [0.1, 0.15) is 74.3 Å². The van der Waals surface area contributed by atoms with E-state index in [1.54, 1.807) is 24.0 Å². The zero-order chi connectivity index (χ0) is 29.3. The van der Waals surface area contributed by atoms with Gasteiger partial charge in [-0.15, -0.1) is 0 Å². The van der Waals surface area contributed by atoms with E-state index >= 15 is 0 Å². The predicted octanol–water partition coefficient (Wildman–Crippen LogP) is 8.93. The van der Waals surface area contributed by atoms with Crippen molar-refractivity contribution in [1.29, 1.82) is 0 Å². The smallest absolute Gasteiger partial charge is 0.416 e. The Kier molecular flexibility index (Phi) is 8.28. The molecule has 1 unspecified atom stereocenters. The summed E-state index contributed by atoms with van der Waals surface area (Å²) in [6.45, 7) is 13.8. The number of alkyl halides is 3. The van der Waals surface area contributed by atoms with Gasteiger partial charge in [-0.05, 0) is 63.4 Å². The topological polar surface area (TPSA) is 50.0 Å². The summed E-state index contributed by atoms with van der Waals surface area (Å²) in [7, 11) is 0. The number of anilines is 1. The van der Waals surface area contributed by atoms with Crippen molar-refractivity contribution in [1.82, 2.24) is 9.88 Å². The summed E-state index contributed by atoms with van der Waals surface area (Å²) < 4.78 is 46.3.